The minimum absolute atomic E-state index is 0.304. The molecule has 0 saturated heterocycles. The number of carbonyl (C=O) groups excluding carboxylic acids is 2. The number of nitrogens with one attached hydrogen (secondary N) is 4. The van der Waals surface area contributed by atoms with Crippen LogP contribution in [0.2, 0.25) is 12.1 Å². The molecule has 1 heterocycles. The van der Waals surface area contributed by atoms with E-state index in [4.69, 9.17) is 26.6 Å². The minimum Gasteiger partial charge on any atom is -0.374 e. The van der Waals surface area contributed by atoms with Crippen LogP contribution in [0.3, 0.4) is 0 Å². The molecule has 0 fully saturated rings. The highest BCUT2D eigenvalue weighted by molar-refractivity contribution is 6.61. The van der Waals surface area contributed by atoms with Crippen molar-refractivity contribution in [2.24, 2.45) is 0 Å². The van der Waals surface area contributed by atoms with E-state index in [1.807, 2.05) is 41.5 Å². The maximum absolute atomic E-state index is 12.4. The summed E-state index contributed by atoms with van der Waals surface area (Å²) in [5, 5.41) is 11.0. The molecule has 40 heavy (non-hydrogen) atoms. The maximum Gasteiger partial charge on any atom is 0.500 e. The highest BCUT2D eigenvalue weighted by atomic mass is 28.4. The van der Waals surface area contributed by atoms with Crippen LogP contribution in [0.5, 0.6) is 0 Å². The summed E-state index contributed by atoms with van der Waals surface area (Å²) >= 11 is 0. The van der Waals surface area contributed by atoms with E-state index in [1.165, 1.54) is 0 Å². The monoisotopic (exact) mass is 603 g/mol. The molecule has 1 rings (SSSR count). The van der Waals surface area contributed by atoms with Gasteiger partial charge in [-0.2, -0.15) is 0 Å². The van der Waals surface area contributed by atoms with Crippen LogP contribution < -0.4 is 21.3 Å². The van der Waals surface area contributed by atoms with Gasteiger partial charge in [0.25, 0.3) is 0 Å². The maximum atomic E-state index is 12.4. The van der Waals surface area contributed by atoms with Crippen LogP contribution in [0.15, 0.2) is 18.2 Å². The second-order valence-corrected chi connectivity index (χ2v) is 13.8. The molecule has 15 heteroatoms. The quantitative estimate of drug-likeness (QED) is 0.113. The Bertz CT molecular complexity index is 758. The molecule has 0 radical (unpaired) electrons. The van der Waals surface area contributed by atoms with Gasteiger partial charge in [-0.3, -0.25) is 10.6 Å². The normalized spacial score (nSPS) is 11.8. The molecule has 0 bridgehead atoms. The second kappa shape index (κ2) is 20.7. The topological polar surface area (TPSA) is 151 Å². The number of hydrogen-bond acceptors (Lipinski definition) is 9. The number of hydrogen-bond donors (Lipinski definition) is 4. The summed E-state index contributed by atoms with van der Waals surface area (Å²) in [6, 6.07) is 5.35. The zero-order valence-electron chi connectivity index (χ0n) is 24.9. The number of nitrogens with zero attached hydrogens (tertiary/aromatic N) is 1. The number of amides is 4. The summed E-state index contributed by atoms with van der Waals surface area (Å²) in [6.45, 7) is 15.3. The molecule has 4 N–H and O–H groups in total. The second-order valence-electron chi connectivity index (χ2n) is 8.34. The third kappa shape index (κ3) is 14.0. The van der Waals surface area contributed by atoms with Gasteiger partial charge >= 0.3 is 29.7 Å². The lowest BCUT2D eigenvalue weighted by molar-refractivity contribution is 0.0701. The van der Waals surface area contributed by atoms with E-state index in [2.05, 4.69) is 26.3 Å². The van der Waals surface area contributed by atoms with Crippen LogP contribution in [-0.4, -0.2) is 87.4 Å². The Morgan fingerprint density at radius 2 is 0.950 bits per heavy atom. The van der Waals surface area contributed by atoms with Gasteiger partial charge in [0.15, 0.2) is 0 Å². The number of aromatic nitrogens is 1. The molecule has 0 unspecified atom stereocenters. The van der Waals surface area contributed by atoms with E-state index in [0.29, 0.717) is 89.3 Å². The Hall–Kier alpha value is -2.12. The van der Waals surface area contributed by atoms with Crippen molar-refractivity contribution < 1.29 is 36.1 Å². The van der Waals surface area contributed by atoms with E-state index in [1.54, 1.807) is 18.2 Å². The summed E-state index contributed by atoms with van der Waals surface area (Å²) in [6.07, 6.45) is 1.27. The predicted molar refractivity (Wildman–Crippen MR) is 158 cm³/mol. The molecule has 4 amide bonds. The lowest BCUT2D eigenvalue weighted by Crippen LogP contribution is -2.46. The zero-order valence-corrected chi connectivity index (χ0v) is 26.9. The van der Waals surface area contributed by atoms with Crippen molar-refractivity contribution in [1.82, 2.24) is 15.6 Å². The predicted octanol–water partition coefficient (Wildman–Crippen LogP) is 4.20. The molecule has 0 atom stereocenters. The molecule has 0 spiro atoms. The Balaban J connectivity index is 2.49. The fourth-order valence-electron chi connectivity index (χ4n) is 3.91. The van der Waals surface area contributed by atoms with Gasteiger partial charge < -0.3 is 37.2 Å². The highest BCUT2D eigenvalue weighted by Gasteiger charge is 2.40. The zero-order chi connectivity index (χ0) is 29.7. The van der Waals surface area contributed by atoms with Crippen molar-refractivity contribution in [1.29, 1.82) is 0 Å². The van der Waals surface area contributed by atoms with E-state index in [-0.39, 0.29) is 0 Å². The van der Waals surface area contributed by atoms with Gasteiger partial charge in [0.1, 0.15) is 11.6 Å². The van der Waals surface area contributed by atoms with Gasteiger partial charge in [0, 0.05) is 64.8 Å². The van der Waals surface area contributed by atoms with Crippen molar-refractivity contribution >= 4 is 41.3 Å². The molecular weight excluding hydrogens is 554 g/mol. The summed E-state index contributed by atoms with van der Waals surface area (Å²) in [7, 11) is -5.49. The average Bonchev–Trinajstić information content (AvgIpc) is 2.90. The Kier molecular flexibility index (Phi) is 18.6. The Morgan fingerprint density at radius 3 is 1.25 bits per heavy atom. The fraction of sp³-hybridized carbons (Fsp3) is 0.720. The fourth-order valence-corrected chi connectivity index (χ4v) is 9.14. The van der Waals surface area contributed by atoms with Crippen molar-refractivity contribution in [3.8, 4) is 0 Å². The molecule has 230 valence electrons. The third-order valence-corrected chi connectivity index (χ3v) is 11.6. The SMILES string of the molecule is CCO[Si](CCCNC(=O)Nc1cccc(NC(=O)NCCC[Si](OCC)(OCC)OCC)n1)(OCC)OCC. The number of carbonyl (C=O) groups is 2. The van der Waals surface area contributed by atoms with Gasteiger partial charge in [0.2, 0.25) is 0 Å². The summed E-state index contributed by atoms with van der Waals surface area (Å²) < 4.78 is 35.0. The summed E-state index contributed by atoms with van der Waals surface area (Å²) in [4.78, 5) is 29.0. The number of rotatable bonds is 22. The first-order valence-electron chi connectivity index (χ1n) is 14.2. The first-order chi connectivity index (χ1) is 19.3. The molecule has 1 aromatic rings. The molecule has 1 aromatic heterocycles. The van der Waals surface area contributed by atoms with Crippen molar-refractivity contribution in [2.45, 2.75) is 66.5 Å². The van der Waals surface area contributed by atoms with E-state index in [0.717, 1.165) is 0 Å². The lowest BCUT2D eigenvalue weighted by Gasteiger charge is -2.28. The molecule has 0 saturated carbocycles. The molecular formula is C25H49N5O8Si2. The average molecular weight is 604 g/mol. The number of anilines is 2. The van der Waals surface area contributed by atoms with Gasteiger partial charge in [-0.15, -0.1) is 0 Å². The summed E-state index contributed by atoms with van der Waals surface area (Å²) in [5.74, 6) is 0.607. The van der Waals surface area contributed by atoms with E-state index < -0.39 is 29.7 Å². The minimum atomic E-state index is -2.75. The third-order valence-electron chi connectivity index (χ3n) is 5.31. The largest absolute Gasteiger partial charge is 0.500 e. The molecule has 13 nitrogen and oxygen atoms in total. The van der Waals surface area contributed by atoms with Crippen LogP contribution in [0.25, 0.3) is 0 Å². The highest BCUT2D eigenvalue weighted by Crippen LogP contribution is 2.19. The molecule has 0 aliphatic rings. The Morgan fingerprint density at radius 1 is 0.625 bits per heavy atom. The van der Waals surface area contributed by atoms with Crippen molar-refractivity contribution in [3.05, 3.63) is 18.2 Å². The number of pyridine rings is 1. The Labute approximate surface area is 241 Å². The smallest absolute Gasteiger partial charge is 0.374 e. The van der Waals surface area contributed by atoms with Crippen LogP contribution in [0, 0.1) is 0 Å². The van der Waals surface area contributed by atoms with E-state index in [9.17, 15) is 9.59 Å². The van der Waals surface area contributed by atoms with Gasteiger partial charge in [0.05, 0.1) is 0 Å². The lowest BCUT2D eigenvalue weighted by atomic mass is 10.4. The molecule has 0 aliphatic heterocycles. The van der Waals surface area contributed by atoms with Crippen LogP contribution >= 0.6 is 0 Å². The van der Waals surface area contributed by atoms with Crippen molar-refractivity contribution in [2.75, 3.05) is 63.4 Å². The molecule has 0 aromatic carbocycles. The van der Waals surface area contributed by atoms with Gasteiger partial charge in [-0.25, -0.2) is 14.6 Å². The first-order valence-corrected chi connectivity index (χ1v) is 18.1. The van der Waals surface area contributed by atoms with Gasteiger partial charge in [-0.1, -0.05) is 6.07 Å². The first kappa shape index (κ1) is 35.9. The van der Waals surface area contributed by atoms with E-state index >= 15 is 0 Å². The van der Waals surface area contributed by atoms with Gasteiger partial charge in [-0.05, 0) is 66.5 Å². The van der Waals surface area contributed by atoms with Crippen molar-refractivity contribution in [3.63, 3.8) is 0 Å². The van der Waals surface area contributed by atoms with Crippen LogP contribution in [0.4, 0.5) is 21.2 Å². The number of urea groups is 2. The van der Waals surface area contributed by atoms with Crippen LogP contribution in [0.1, 0.15) is 54.4 Å². The molecule has 0 aliphatic carbocycles. The standard InChI is InChI=1S/C25H49N5O8Si2/c1-7-33-39(34-8-2,35-9-3)20-14-18-26-24(31)29-22-16-13-17-23(28-22)30-25(32)27-19-15-21-40(36-10-4,37-11-5)38-12-6/h13,16-17H,7-12,14-15,18-21H2,1-6H3,(H4,26,27,28,29,30,31,32). The van der Waals surface area contributed by atoms with Crippen LogP contribution in [-0.2, 0) is 26.6 Å². The summed E-state index contributed by atoms with van der Waals surface area (Å²) in [5.41, 5.74) is 0.